The van der Waals surface area contributed by atoms with Gasteiger partial charge in [0.25, 0.3) is 5.91 Å². The van der Waals surface area contributed by atoms with Crippen LogP contribution in [0.15, 0.2) is 42.7 Å². The second-order valence-electron chi connectivity index (χ2n) is 6.06. The van der Waals surface area contributed by atoms with E-state index in [1.54, 1.807) is 30.8 Å². The molecule has 0 saturated carbocycles. The lowest BCUT2D eigenvalue weighted by atomic mass is 9.89. The van der Waals surface area contributed by atoms with Gasteiger partial charge in [0.1, 0.15) is 0 Å². The first-order chi connectivity index (χ1) is 10.9. The van der Waals surface area contributed by atoms with Crippen molar-refractivity contribution in [1.82, 2.24) is 15.1 Å². The zero-order valence-electron chi connectivity index (χ0n) is 13.3. The van der Waals surface area contributed by atoms with Gasteiger partial charge in [-0.25, -0.2) is 0 Å². The van der Waals surface area contributed by atoms with E-state index in [0.717, 1.165) is 5.56 Å². The molecule has 0 atom stereocenters. The quantitative estimate of drug-likeness (QED) is 0.820. The van der Waals surface area contributed by atoms with Crippen LogP contribution in [0, 0.1) is 5.41 Å². The van der Waals surface area contributed by atoms with Gasteiger partial charge in [-0.2, -0.15) is 5.10 Å². The number of hydrogen-bond acceptors (Lipinski definition) is 3. The second kappa shape index (κ2) is 7.09. The number of carboxylic acids is 1. The van der Waals surface area contributed by atoms with Gasteiger partial charge in [-0.05, 0) is 38.0 Å². The Morgan fingerprint density at radius 2 is 2.00 bits per heavy atom. The topological polar surface area (TPSA) is 84.2 Å². The highest BCUT2D eigenvalue weighted by atomic mass is 16.4. The molecule has 0 aliphatic carbocycles. The molecule has 0 unspecified atom stereocenters. The molecule has 2 aromatic rings. The first kappa shape index (κ1) is 16.7. The summed E-state index contributed by atoms with van der Waals surface area (Å²) >= 11 is 0. The van der Waals surface area contributed by atoms with Gasteiger partial charge in [0.15, 0.2) is 0 Å². The zero-order valence-corrected chi connectivity index (χ0v) is 13.3. The number of rotatable bonds is 7. The van der Waals surface area contributed by atoms with E-state index in [9.17, 15) is 9.59 Å². The summed E-state index contributed by atoms with van der Waals surface area (Å²) < 4.78 is 1.75. The molecule has 2 rings (SSSR count). The Kier molecular flexibility index (Phi) is 5.16. The molecule has 6 nitrogen and oxygen atoms in total. The molecular weight excluding hydrogens is 294 g/mol. The summed E-state index contributed by atoms with van der Waals surface area (Å²) in [7, 11) is 0. The average Bonchev–Trinajstić information content (AvgIpc) is 3.00. The van der Waals surface area contributed by atoms with Crippen LogP contribution >= 0.6 is 0 Å². The lowest BCUT2D eigenvalue weighted by Gasteiger charge is -2.19. The highest BCUT2D eigenvalue weighted by Gasteiger charge is 2.26. The molecule has 2 N–H and O–H groups in total. The van der Waals surface area contributed by atoms with Crippen LogP contribution in [-0.2, 0) is 11.3 Å². The first-order valence-electron chi connectivity index (χ1n) is 7.47. The van der Waals surface area contributed by atoms with Crippen molar-refractivity contribution in [3.8, 4) is 0 Å². The van der Waals surface area contributed by atoms with Crippen molar-refractivity contribution in [2.75, 3.05) is 6.54 Å². The fraction of sp³-hybridized carbons (Fsp3) is 0.353. The Bertz CT molecular complexity index is 678. The Morgan fingerprint density at radius 1 is 1.26 bits per heavy atom. The zero-order chi connectivity index (χ0) is 16.9. The van der Waals surface area contributed by atoms with Gasteiger partial charge in [0.2, 0.25) is 0 Å². The van der Waals surface area contributed by atoms with Crippen LogP contribution in [0.2, 0.25) is 0 Å². The molecular formula is C17H21N3O3. The number of hydrogen-bond donors (Lipinski definition) is 2. The molecule has 122 valence electrons. The van der Waals surface area contributed by atoms with Crippen molar-refractivity contribution in [2.45, 2.75) is 26.8 Å². The number of aliphatic carboxylic acids is 1. The predicted octanol–water partition coefficient (Wildman–Crippen LogP) is 2.16. The van der Waals surface area contributed by atoms with Crippen LogP contribution in [0.3, 0.4) is 0 Å². The van der Waals surface area contributed by atoms with E-state index < -0.39 is 11.4 Å². The summed E-state index contributed by atoms with van der Waals surface area (Å²) in [5, 5.41) is 16.0. The van der Waals surface area contributed by atoms with Crippen molar-refractivity contribution in [2.24, 2.45) is 5.41 Å². The highest BCUT2D eigenvalue weighted by Crippen LogP contribution is 2.19. The monoisotopic (exact) mass is 315 g/mol. The van der Waals surface area contributed by atoms with Crippen molar-refractivity contribution in [1.29, 1.82) is 0 Å². The average molecular weight is 315 g/mol. The molecule has 1 heterocycles. The summed E-state index contributed by atoms with van der Waals surface area (Å²) in [6.45, 7) is 4.12. The number of amides is 1. The van der Waals surface area contributed by atoms with Crippen molar-refractivity contribution >= 4 is 11.9 Å². The lowest BCUT2D eigenvalue weighted by molar-refractivity contribution is -0.147. The Labute approximate surface area is 135 Å². The van der Waals surface area contributed by atoms with Gasteiger partial charge < -0.3 is 10.4 Å². The third-order valence-electron chi connectivity index (χ3n) is 3.77. The minimum absolute atomic E-state index is 0.200. The van der Waals surface area contributed by atoms with Crippen LogP contribution < -0.4 is 5.32 Å². The molecule has 1 aromatic carbocycles. The lowest BCUT2D eigenvalue weighted by Crippen LogP contribution is -2.32. The van der Waals surface area contributed by atoms with Gasteiger partial charge in [-0.15, -0.1) is 0 Å². The summed E-state index contributed by atoms with van der Waals surface area (Å²) in [4.78, 5) is 23.4. The predicted molar refractivity (Wildman–Crippen MR) is 86.1 cm³/mol. The molecule has 1 aromatic heterocycles. The second-order valence-corrected chi connectivity index (χ2v) is 6.06. The van der Waals surface area contributed by atoms with Crippen molar-refractivity contribution in [3.63, 3.8) is 0 Å². The number of carbonyl (C=O) groups is 2. The largest absolute Gasteiger partial charge is 0.481 e. The minimum Gasteiger partial charge on any atom is -0.481 e. The third-order valence-corrected chi connectivity index (χ3v) is 3.77. The normalized spacial score (nSPS) is 11.2. The first-order valence-corrected chi connectivity index (χ1v) is 7.47. The van der Waals surface area contributed by atoms with Gasteiger partial charge >= 0.3 is 5.97 Å². The van der Waals surface area contributed by atoms with Crippen LogP contribution in [0.5, 0.6) is 0 Å². The maximum Gasteiger partial charge on any atom is 0.309 e. The Balaban J connectivity index is 2.01. The molecule has 0 spiro atoms. The smallest absolute Gasteiger partial charge is 0.309 e. The standard InChI is InChI=1S/C17H21N3O3/c1-17(2,16(22)23)8-10-18-15(21)14-7-4-3-6-13(14)12-20-11-5-9-19-20/h3-7,9,11H,8,10,12H2,1-2H3,(H,18,21)(H,22,23). The molecule has 0 radical (unpaired) electrons. The van der Waals surface area contributed by atoms with Gasteiger partial charge in [-0.3, -0.25) is 14.3 Å². The van der Waals surface area contributed by atoms with E-state index in [4.69, 9.17) is 5.11 Å². The Morgan fingerprint density at radius 3 is 2.65 bits per heavy atom. The summed E-state index contributed by atoms with van der Waals surface area (Å²) in [6, 6.07) is 9.16. The molecule has 0 bridgehead atoms. The fourth-order valence-electron chi connectivity index (χ4n) is 2.14. The van der Waals surface area contributed by atoms with E-state index in [2.05, 4.69) is 10.4 Å². The molecule has 6 heteroatoms. The van der Waals surface area contributed by atoms with Crippen LogP contribution in [-0.4, -0.2) is 33.3 Å². The molecule has 0 aliphatic rings. The highest BCUT2D eigenvalue weighted by molar-refractivity contribution is 5.95. The van der Waals surface area contributed by atoms with E-state index in [1.165, 1.54) is 0 Å². The minimum atomic E-state index is -0.870. The van der Waals surface area contributed by atoms with Gasteiger partial charge in [0.05, 0.1) is 12.0 Å². The number of carboxylic acid groups (broad SMARTS) is 1. The van der Waals surface area contributed by atoms with Crippen LogP contribution in [0.4, 0.5) is 0 Å². The number of carbonyl (C=O) groups excluding carboxylic acids is 1. The molecule has 0 aliphatic heterocycles. The Hall–Kier alpha value is -2.63. The van der Waals surface area contributed by atoms with Gasteiger partial charge in [0, 0.05) is 24.5 Å². The summed E-state index contributed by atoms with van der Waals surface area (Å²) in [5.41, 5.74) is 0.587. The maximum absolute atomic E-state index is 12.4. The summed E-state index contributed by atoms with van der Waals surface area (Å²) in [6.07, 6.45) is 3.90. The maximum atomic E-state index is 12.4. The van der Waals surface area contributed by atoms with E-state index >= 15 is 0 Å². The summed E-state index contributed by atoms with van der Waals surface area (Å²) in [5.74, 6) is -1.07. The van der Waals surface area contributed by atoms with E-state index in [0.29, 0.717) is 25.1 Å². The van der Waals surface area contributed by atoms with Crippen molar-refractivity contribution in [3.05, 3.63) is 53.9 Å². The van der Waals surface area contributed by atoms with Crippen LogP contribution in [0.1, 0.15) is 36.2 Å². The molecule has 23 heavy (non-hydrogen) atoms. The number of aromatic nitrogens is 2. The third kappa shape index (κ3) is 4.42. The van der Waals surface area contributed by atoms with E-state index in [-0.39, 0.29) is 5.91 Å². The number of nitrogens with zero attached hydrogens (tertiary/aromatic N) is 2. The number of nitrogens with one attached hydrogen (secondary N) is 1. The van der Waals surface area contributed by atoms with E-state index in [1.807, 2.05) is 30.5 Å². The SMILES string of the molecule is CC(C)(CCNC(=O)c1ccccc1Cn1cccn1)C(=O)O. The molecule has 0 fully saturated rings. The molecule has 0 saturated heterocycles. The van der Waals surface area contributed by atoms with Gasteiger partial charge in [-0.1, -0.05) is 18.2 Å². The molecule has 1 amide bonds. The number of benzene rings is 1. The van der Waals surface area contributed by atoms with Crippen LogP contribution in [0.25, 0.3) is 0 Å². The fourth-order valence-corrected chi connectivity index (χ4v) is 2.14. The van der Waals surface area contributed by atoms with Crippen molar-refractivity contribution < 1.29 is 14.7 Å².